The molecular formula is C13H12N4O2. The first kappa shape index (κ1) is 12.8. The average Bonchev–Trinajstić information content (AvgIpc) is 2.45. The molecular weight excluding hydrogens is 244 g/mol. The second-order valence-corrected chi connectivity index (χ2v) is 4.08. The lowest BCUT2D eigenvalue weighted by Crippen LogP contribution is -2.29. The quantitative estimate of drug-likeness (QED) is 0.883. The summed E-state index contributed by atoms with van der Waals surface area (Å²) in [6.07, 6.45) is 0.253. The van der Waals surface area contributed by atoms with Gasteiger partial charge in [-0.05, 0) is 6.07 Å². The monoisotopic (exact) mass is 256 g/mol. The molecule has 0 bridgehead atoms. The first-order chi connectivity index (χ1) is 9.15. The van der Waals surface area contributed by atoms with Gasteiger partial charge >= 0.3 is 0 Å². The number of nitrogens with one attached hydrogen (secondary N) is 1. The van der Waals surface area contributed by atoms with Crippen molar-refractivity contribution in [1.29, 1.82) is 5.26 Å². The van der Waals surface area contributed by atoms with Crippen LogP contribution in [0.15, 0.2) is 29.1 Å². The molecule has 0 aliphatic carbocycles. The van der Waals surface area contributed by atoms with E-state index in [1.165, 1.54) is 4.90 Å². The maximum atomic E-state index is 12.2. The van der Waals surface area contributed by atoms with Crippen LogP contribution in [0.4, 0.5) is 0 Å². The number of aromatic nitrogens is 2. The summed E-state index contributed by atoms with van der Waals surface area (Å²) in [5.41, 5.74) is -0.137. The van der Waals surface area contributed by atoms with E-state index in [4.69, 9.17) is 5.26 Å². The molecule has 0 radical (unpaired) electrons. The van der Waals surface area contributed by atoms with E-state index in [1.54, 1.807) is 31.3 Å². The van der Waals surface area contributed by atoms with Crippen LogP contribution in [-0.4, -0.2) is 34.6 Å². The number of rotatable bonds is 3. The SMILES string of the molecule is CN(CCC#N)C(=O)c1n[nH]c(=O)c2ccccc12. The number of carbonyl (C=O) groups is 1. The highest BCUT2D eigenvalue weighted by Crippen LogP contribution is 2.13. The molecule has 1 heterocycles. The van der Waals surface area contributed by atoms with E-state index in [0.717, 1.165) is 0 Å². The van der Waals surface area contributed by atoms with E-state index in [-0.39, 0.29) is 23.6 Å². The highest BCUT2D eigenvalue weighted by Gasteiger charge is 2.17. The van der Waals surface area contributed by atoms with Gasteiger partial charge in [0.15, 0.2) is 5.69 Å². The molecule has 1 amide bonds. The zero-order valence-electron chi connectivity index (χ0n) is 10.4. The first-order valence-corrected chi connectivity index (χ1v) is 5.75. The van der Waals surface area contributed by atoms with Crippen LogP contribution in [0.2, 0.25) is 0 Å². The molecule has 0 spiro atoms. The van der Waals surface area contributed by atoms with Crippen LogP contribution in [-0.2, 0) is 0 Å². The Labute approximate surface area is 109 Å². The van der Waals surface area contributed by atoms with Gasteiger partial charge < -0.3 is 4.90 Å². The highest BCUT2D eigenvalue weighted by atomic mass is 16.2. The predicted molar refractivity (Wildman–Crippen MR) is 69.6 cm³/mol. The lowest BCUT2D eigenvalue weighted by molar-refractivity contribution is 0.0793. The van der Waals surface area contributed by atoms with E-state index in [0.29, 0.717) is 17.3 Å². The third-order valence-corrected chi connectivity index (χ3v) is 2.80. The number of carbonyl (C=O) groups excluding carboxylic acids is 1. The van der Waals surface area contributed by atoms with Gasteiger partial charge in [-0.25, -0.2) is 5.10 Å². The Morgan fingerprint density at radius 1 is 1.42 bits per heavy atom. The van der Waals surface area contributed by atoms with Crippen molar-refractivity contribution in [2.45, 2.75) is 6.42 Å². The van der Waals surface area contributed by atoms with Gasteiger partial charge in [-0.1, -0.05) is 18.2 Å². The second kappa shape index (κ2) is 5.31. The van der Waals surface area contributed by atoms with E-state index in [2.05, 4.69) is 10.2 Å². The van der Waals surface area contributed by atoms with Crippen LogP contribution in [0.1, 0.15) is 16.9 Å². The molecule has 1 aromatic carbocycles. The molecule has 0 atom stereocenters. The number of benzene rings is 1. The summed E-state index contributed by atoms with van der Waals surface area (Å²) in [4.78, 5) is 25.2. The molecule has 1 N–H and O–H groups in total. The number of aromatic amines is 1. The van der Waals surface area contributed by atoms with Gasteiger partial charge in [0.05, 0.1) is 17.9 Å². The number of hydrogen-bond donors (Lipinski definition) is 1. The molecule has 2 rings (SSSR count). The van der Waals surface area contributed by atoms with Crippen LogP contribution >= 0.6 is 0 Å². The Hall–Kier alpha value is -2.68. The lowest BCUT2D eigenvalue weighted by Gasteiger charge is -2.15. The number of amides is 1. The van der Waals surface area contributed by atoms with Gasteiger partial charge in [-0.15, -0.1) is 0 Å². The third kappa shape index (κ3) is 2.45. The molecule has 0 fully saturated rings. The number of nitrogens with zero attached hydrogens (tertiary/aromatic N) is 3. The smallest absolute Gasteiger partial charge is 0.274 e. The normalized spacial score (nSPS) is 10.1. The first-order valence-electron chi connectivity index (χ1n) is 5.75. The van der Waals surface area contributed by atoms with Crippen LogP contribution in [0, 0.1) is 11.3 Å². The maximum absolute atomic E-state index is 12.2. The summed E-state index contributed by atoms with van der Waals surface area (Å²) in [6, 6.07) is 8.78. The van der Waals surface area contributed by atoms with Gasteiger partial charge in [0.1, 0.15) is 0 Å². The Morgan fingerprint density at radius 2 is 2.11 bits per heavy atom. The number of nitriles is 1. The standard InChI is InChI=1S/C13H12N4O2/c1-17(8-4-7-14)13(19)11-9-5-2-3-6-10(9)12(18)16-15-11/h2-3,5-6H,4,8H2,1H3,(H,16,18). The summed E-state index contributed by atoms with van der Waals surface area (Å²) < 4.78 is 0. The van der Waals surface area contributed by atoms with Gasteiger partial charge in [0, 0.05) is 19.0 Å². The molecule has 6 nitrogen and oxygen atoms in total. The van der Waals surface area contributed by atoms with Crippen LogP contribution in [0.5, 0.6) is 0 Å². The minimum Gasteiger partial charge on any atom is -0.339 e. The minimum atomic E-state index is -0.327. The molecule has 0 saturated carbocycles. The Kier molecular flexibility index (Phi) is 3.57. The van der Waals surface area contributed by atoms with Crippen molar-refractivity contribution >= 4 is 16.7 Å². The molecule has 2 aromatic rings. The van der Waals surface area contributed by atoms with Gasteiger partial charge in [-0.2, -0.15) is 10.4 Å². The Bertz CT molecular complexity index is 714. The minimum absolute atomic E-state index is 0.190. The molecule has 0 aliphatic rings. The largest absolute Gasteiger partial charge is 0.339 e. The Morgan fingerprint density at radius 3 is 2.79 bits per heavy atom. The van der Waals surface area contributed by atoms with Crippen LogP contribution < -0.4 is 5.56 Å². The lowest BCUT2D eigenvalue weighted by atomic mass is 10.1. The van der Waals surface area contributed by atoms with Crippen molar-refractivity contribution in [3.05, 3.63) is 40.3 Å². The summed E-state index contributed by atoms with van der Waals surface area (Å²) in [5.74, 6) is -0.317. The van der Waals surface area contributed by atoms with E-state index in [1.807, 2.05) is 6.07 Å². The maximum Gasteiger partial charge on any atom is 0.274 e. The fourth-order valence-corrected chi connectivity index (χ4v) is 1.78. The van der Waals surface area contributed by atoms with Gasteiger partial charge in [-0.3, -0.25) is 9.59 Å². The third-order valence-electron chi connectivity index (χ3n) is 2.80. The number of H-pyrrole nitrogens is 1. The second-order valence-electron chi connectivity index (χ2n) is 4.08. The number of hydrogen-bond acceptors (Lipinski definition) is 4. The van der Waals surface area contributed by atoms with Crippen molar-refractivity contribution in [2.24, 2.45) is 0 Å². The molecule has 0 aliphatic heterocycles. The predicted octanol–water partition coefficient (Wildman–Crippen LogP) is 0.909. The van der Waals surface area contributed by atoms with Gasteiger partial charge in [0.2, 0.25) is 0 Å². The molecule has 96 valence electrons. The molecule has 0 unspecified atom stereocenters. The average molecular weight is 256 g/mol. The van der Waals surface area contributed by atoms with E-state index >= 15 is 0 Å². The van der Waals surface area contributed by atoms with Crippen molar-refractivity contribution in [3.63, 3.8) is 0 Å². The topological polar surface area (TPSA) is 89.8 Å². The van der Waals surface area contributed by atoms with Crippen molar-refractivity contribution in [1.82, 2.24) is 15.1 Å². The Balaban J connectivity index is 2.46. The molecule has 1 aromatic heterocycles. The fraction of sp³-hybridized carbons (Fsp3) is 0.231. The summed E-state index contributed by atoms with van der Waals surface area (Å²) >= 11 is 0. The van der Waals surface area contributed by atoms with Crippen molar-refractivity contribution in [3.8, 4) is 6.07 Å². The van der Waals surface area contributed by atoms with E-state index in [9.17, 15) is 9.59 Å². The summed E-state index contributed by atoms with van der Waals surface area (Å²) in [7, 11) is 1.60. The van der Waals surface area contributed by atoms with Crippen LogP contribution in [0.3, 0.4) is 0 Å². The van der Waals surface area contributed by atoms with Crippen LogP contribution in [0.25, 0.3) is 10.8 Å². The highest BCUT2D eigenvalue weighted by molar-refractivity contribution is 6.04. The molecule has 19 heavy (non-hydrogen) atoms. The van der Waals surface area contributed by atoms with Crippen molar-refractivity contribution < 1.29 is 4.79 Å². The summed E-state index contributed by atoms with van der Waals surface area (Å²) in [6.45, 7) is 0.324. The zero-order valence-corrected chi connectivity index (χ0v) is 10.4. The molecule has 0 saturated heterocycles. The fourth-order valence-electron chi connectivity index (χ4n) is 1.78. The summed E-state index contributed by atoms with van der Waals surface area (Å²) in [5, 5.41) is 15.6. The van der Waals surface area contributed by atoms with E-state index < -0.39 is 0 Å². The van der Waals surface area contributed by atoms with Gasteiger partial charge in [0.25, 0.3) is 11.5 Å². The zero-order chi connectivity index (χ0) is 13.8. The number of fused-ring (bicyclic) bond motifs is 1. The molecule has 6 heteroatoms. The van der Waals surface area contributed by atoms with Crippen molar-refractivity contribution in [2.75, 3.05) is 13.6 Å².